The van der Waals surface area contributed by atoms with Gasteiger partial charge in [0.1, 0.15) is 6.07 Å². The number of nitrogens with one attached hydrogen (secondary N) is 3. The fourth-order valence-corrected chi connectivity index (χ4v) is 4.74. The van der Waals surface area contributed by atoms with Crippen LogP contribution in [0.3, 0.4) is 0 Å². The first-order valence-electron chi connectivity index (χ1n) is 13.0. The van der Waals surface area contributed by atoms with Crippen molar-refractivity contribution in [1.29, 1.82) is 5.26 Å². The molecule has 0 unspecified atom stereocenters. The van der Waals surface area contributed by atoms with Crippen molar-refractivity contribution in [3.63, 3.8) is 0 Å². The molecule has 1 saturated heterocycles. The summed E-state index contributed by atoms with van der Waals surface area (Å²) in [5.41, 5.74) is 7.95. The number of fused-ring (bicyclic) bond motifs is 1. The van der Waals surface area contributed by atoms with E-state index < -0.39 is 0 Å². The molecule has 0 atom stereocenters. The minimum atomic E-state index is 0.495. The molecule has 4 aromatic rings. The molecule has 5 rings (SSSR count). The number of ether oxygens (including phenoxy) is 1. The predicted molar refractivity (Wildman–Crippen MR) is 152 cm³/mol. The fourth-order valence-electron chi connectivity index (χ4n) is 4.74. The summed E-state index contributed by atoms with van der Waals surface area (Å²) in [5.74, 6) is 0. The smallest absolute Gasteiger partial charge is 0.103 e. The highest BCUT2D eigenvalue weighted by atomic mass is 16.5. The molecule has 0 saturated carbocycles. The third-order valence-electron chi connectivity index (χ3n) is 6.96. The summed E-state index contributed by atoms with van der Waals surface area (Å²) in [4.78, 5) is 14.9. The molecule has 0 radical (unpaired) electrons. The summed E-state index contributed by atoms with van der Waals surface area (Å²) in [5, 5.41) is 18.0. The average Bonchev–Trinajstić information content (AvgIpc) is 3.43. The van der Waals surface area contributed by atoms with Crippen molar-refractivity contribution in [2.45, 2.75) is 20.4 Å². The maximum atomic E-state index is 9.84. The van der Waals surface area contributed by atoms with Crippen LogP contribution in [-0.4, -0.2) is 59.2 Å². The zero-order chi connectivity index (χ0) is 26.3. The van der Waals surface area contributed by atoms with Crippen LogP contribution < -0.4 is 10.6 Å². The number of nitrogens with zero attached hydrogens (tertiary/aromatic N) is 4. The van der Waals surface area contributed by atoms with Crippen LogP contribution in [0.4, 0.5) is 11.4 Å². The number of H-pyrrole nitrogens is 1. The first kappa shape index (κ1) is 25.6. The number of aryl methyl sites for hydroxylation is 2. The Bertz CT molecular complexity index is 1480. The van der Waals surface area contributed by atoms with Crippen LogP contribution in [0.1, 0.15) is 33.8 Å². The van der Waals surface area contributed by atoms with Crippen molar-refractivity contribution in [2.75, 3.05) is 44.7 Å². The molecule has 3 aromatic heterocycles. The van der Waals surface area contributed by atoms with Crippen LogP contribution >= 0.6 is 0 Å². The van der Waals surface area contributed by atoms with Gasteiger partial charge in [0, 0.05) is 73.0 Å². The maximum absolute atomic E-state index is 9.84. The van der Waals surface area contributed by atoms with Crippen LogP contribution in [-0.2, 0) is 11.3 Å². The van der Waals surface area contributed by atoms with E-state index in [1.165, 1.54) is 0 Å². The largest absolute Gasteiger partial charge is 0.379 e. The van der Waals surface area contributed by atoms with Crippen LogP contribution in [0.2, 0.25) is 0 Å². The van der Waals surface area contributed by atoms with Crippen LogP contribution in [0.15, 0.2) is 48.8 Å². The molecule has 0 spiro atoms. The van der Waals surface area contributed by atoms with E-state index >= 15 is 0 Å². The standard InChI is InChI=1S/C30H33N7O/c1-21-26-10-11-33-29(26)9-8-28(21)36-30-23(18-31)19-34-22(2)27(30)7-6-24-4-3-5-25(35-24)20-32-12-13-37-14-16-38-17-15-37/h3-11,19,32-33H,12-17,20H2,1-2H3,(H,34,36). The van der Waals surface area contributed by atoms with Crippen molar-refractivity contribution < 1.29 is 4.74 Å². The van der Waals surface area contributed by atoms with Gasteiger partial charge in [-0.2, -0.15) is 5.26 Å². The van der Waals surface area contributed by atoms with Crippen LogP contribution in [0.5, 0.6) is 0 Å². The van der Waals surface area contributed by atoms with Crippen LogP contribution in [0, 0.1) is 25.2 Å². The zero-order valence-corrected chi connectivity index (χ0v) is 21.9. The zero-order valence-electron chi connectivity index (χ0n) is 21.9. The van der Waals surface area contributed by atoms with Gasteiger partial charge >= 0.3 is 0 Å². The highest BCUT2D eigenvalue weighted by Crippen LogP contribution is 2.32. The number of benzene rings is 1. The number of aromatic amines is 1. The van der Waals surface area contributed by atoms with Gasteiger partial charge in [-0.3, -0.25) is 14.9 Å². The molecule has 4 heterocycles. The monoisotopic (exact) mass is 507 g/mol. The maximum Gasteiger partial charge on any atom is 0.103 e. The second-order valence-electron chi connectivity index (χ2n) is 9.48. The van der Waals surface area contributed by atoms with Gasteiger partial charge in [-0.05, 0) is 61.9 Å². The lowest BCUT2D eigenvalue weighted by atomic mass is 10.0. The molecule has 1 aliphatic heterocycles. The summed E-state index contributed by atoms with van der Waals surface area (Å²) < 4.78 is 5.41. The minimum Gasteiger partial charge on any atom is -0.379 e. The Labute approximate surface area is 223 Å². The molecule has 8 heteroatoms. The quantitative estimate of drug-likeness (QED) is 0.280. The lowest BCUT2D eigenvalue weighted by molar-refractivity contribution is 0.0384. The molecule has 38 heavy (non-hydrogen) atoms. The first-order chi connectivity index (χ1) is 18.6. The number of hydrogen-bond acceptors (Lipinski definition) is 7. The molecular weight excluding hydrogens is 474 g/mol. The number of pyridine rings is 2. The van der Waals surface area contributed by atoms with Crippen molar-refractivity contribution in [3.8, 4) is 6.07 Å². The highest BCUT2D eigenvalue weighted by Gasteiger charge is 2.14. The molecule has 1 aliphatic rings. The van der Waals surface area contributed by atoms with E-state index in [9.17, 15) is 5.26 Å². The van der Waals surface area contributed by atoms with Gasteiger partial charge in [-0.15, -0.1) is 0 Å². The molecule has 1 fully saturated rings. The Morgan fingerprint density at radius 1 is 1.13 bits per heavy atom. The number of morpholine rings is 1. The average molecular weight is 508 g/mol. The second kappa shape index (κ2) is 12.0. The third kappa shape index (κ3) is 5.92. The normalized spacial score (nSPS) is 14.2. The highest BCUT2D eigenvalue weighted by molar-refractivity contribution is 5.90. The molecule has 194 valence electrons. The summed E-state index contributed by atoms with van der Waals surface area (Å²) >= 11 is 0. The Hall–Kier alpha value is -4.03. The van der Waals surface area contributed by atoms with Gasteiger partial charge in [-0.1, -0.05) is 6.07 Å². The summed E-state index contributed by atoms with van der Waals surface area (Å²) in [6.45, 7) is 10.3. The molecule has 0 aliphatic carbocycles. The lowest BCUT2D eigenvalue weighted by Gasteiger charge is -2.26. The second-order valence-corrected chi connectivity index (χ2v) is 9.48. The van der Waals surface area contributed by atoms with E-state index in [0.717, 1.165) is 89.9 Å². The van der Waals surface area contributed by atoms with E-state index in [2.05, 4.69) is 44.6 Å². The SMILES string of the molecule is Cc1ncc(C#N)c(Nc2ccc3[nH]ccc3c2C)c1C=Cc1cccc(CNCCN2CCOCC2)n1. The Morgan fingerprint density at radius 3 is 2.84 bits per heavy atom. The van der Waals surface area contributed by atoms with Gasteiger partial charge in [0.25, 0.3) is 0 Å². The van der Waals surface area contributed by atoms with Gasteiger partial charge in [0.15, 0.2) is 0 Å². The molecule has 0 bridgehead atoms. The van der Waals surface area contributed by atoms with E-state index in [-0.39, 0.29) is 0 Å². The van der Waals surface area contributed by atoms with Crippen molar-refractivity contribution in [2.24, 2.45) is 0 Å². The number of anilines is 2. The number of nitriles is 1. The van der Waals surface area contributed by atoms with Crippen molar-refractivity contribution in [3.05, 3.63) is 82.6 Å². The van der Waals surface area contributed by atoms with Gasteiger partial charge in [-0.25, -0.2) is 0 Å². The number of rotatable bonds is 9. The van der Waals surface area contributed by atoms with Gasteiger partial charge in [0.2, 0.25) is 0 Å². The Balaban J connectivity index is 1.32. The number of aromatic nitrogens is 3. The third-order valence-corrected chi connectivity index (χ3v) is 6.96. The Kier molecular flexibility index (Phi) is 8.09. The van der Waals surface area contributed by atoms with E-state index in [1.807, 2.05) is 55.6 Å². The minimum absolute atomic E-state index is 0.495. The number of hydrogen-bond donors (Lipinski definition) is 3. The Morgan fingerprint density at radius 2 is 2.00 bits per heavy atom. The predicted octanol–water partition coefficient (Wildman–Crippen LogP) is 4.78. The molecule has 3 N–H and O–H groups in total. The van der Waals surface area contributed by atoms with E-state index in [4.69, 9.17) is 9.72 Å². The fraction of sp³-hybridized carbons (Fsp3) is 0.300. The van der Waals surface area contributed by atoms with E-state index in [0.29, 0.717) is 12.1 Å². The van der Waals surface area contributed by atoms with Crippen molar-refractivity contribution >= 4 is 34.4 Å². The molecule has 8 nitrogen and oxygen atoms in total. The first-order valence-corrected chi connectivity index (χ1v) is 13.0. The van der Waals surface area contributed by atoms with E-state index in [1.54, 1.807) is 6.20 Å². The molecule has 0 amide bonds. The lowest BCUT2D eigenvalue weighted by Crippen LogP contribution is -2.40. The van der Waals surface area contributed by atoms with Crippen LogP contribution in [0.25, 0.3) is 23.1 Å². The topological polar surface area (TPSA) is 102 Å². The molecular formula is C30H33N7O. The summed E-state index contributed by atoms with van der Waals surface area (Å²) in [6.07, 6.45) is 7.54. The summed E-state index contributed by atoms with van der Waals surface area (Å²) in [7, 11) is 0. The van der Waals surface area contributed by atoms with Gasteiger partial charge in [0.05, 0.1) is 35.9 Å². The van der Waals surface area contributed by atoms with Gasteiger partial charge < -0.3 is 20.4 Å². The molecule has 1 aromatic carbocycles. The van der Waals surface area contributed by atoms with Crippen molar-refractivity contribution in [1.82, 2.24) is 25.2 Å². The summed E-state index contributed by atoms with van der Waals surface area (Å²) in [6, 6.07) is 14.5.